The van der Waals surface area contributed by atoms with Crippen LogP contribution in [0.15, 0.2) is 35.2 Å². The van der Waals surface area contributed by atoms with Crippen molar-refractivity contribution in [3.63, 3.8) is 0 Å². The van der Waals surface area contributed by atoms with E-state index in [1.807, 2.05) is 6.07 Å². The highest BCUT2D eigenvalue weighted by Crippen LogP contribution is 2.25. The zero-order chi connectivity index (χ0) is 12.3. The molecule has 94 valence electrons. The Balaban J connectivity index is 2.12. The van der Waals surface area contributed by atoms with Crippen molar-refractivity contribution >= 4 is 10.0 Å². The summed E-state index contributed by atoms with van der Waals surface area (Å²) >= 11 is 0. The predicted molar refractivity (Wildman–Crippen MR) is 68.2 cm³/mol. The van der Waals surface area contributed by atoms with Gasteiger partial charge in [0.15, 0.2) is 0 Å². The van der Waals surface area contributed by atoms with E-state index in [-0.39, 0.29) is 6.04 Å². The van der Waals surface area contributed by atoms with E-state index in [1.54, 1.807) is 24.3 Å². The molecular weight excluding hydrogens is 234 g/mol. The van der Waals surface area contributed by atoms with Gasteiger partial charge in [-0.05, 0) is 30.9 Å². The minimum absolute atomic E-state index is 0.0916. The first-order valence-corrected chi connectivity index (χ1v) is 7.65. The minimum atomic E-state index is -3.34. The van der Waals surface area contributed by atoms with Gasteiger partial charge in [-0.1, -0.05) is 38.0 Å². The van der Waals surface area contributed by atoms with Crippen LogP contribution in [0.1, 0.15) is 32.6 Å². The van der Waals surface area contributed by atoms with E-state index in [1.165, 1.54) is 6.42 Å². The Hall–Kier alpha value is -0.870. The Bertz CT molecular complexity index is 456. The lowest BCUT2D eigenvalue weighted by molar-refractivity contribution is 0.310. The lowest BCUT2D eigenvalue weighted by atomic mass is 9.87. The van der Waals surface area contributed by atoms with Gasteiger partial charge in [-0.2, -0.15) is 0 Å². The average molecular weight is 253 g/mol. The standard InChI is InChI=1S/C13H19NO2S/c1-11-7-5-6-10-13(11)14-17(15,16)12-8-3-2-4-9-12/h2-4,8-9,11,13-14H,5-7,10H2,1H3/t11-,13-/m1/s1. The zero-order valence-corrected chi connectivity index (χ0v) is 10.9. The summed E-state index contributed by atoms with van der Waals surface area (Å²) in [4.78, 5) is 0.359. The first-order chi connectivity index (χ1) is 8.09. The monoisotopic (exact) mass is 253 g/mol. The van der Waals surface area contributed by atoms with E-state index in [9.17, 15) is 8.42 Å². The van der Waals surface area contributed by atoms with Crippen molar-refractivity contribution in [1.82, 2.24) is 4.72 Å². The molecule has 3 nitrogen and oxygen atoms in total. The molecule has 0 spiro atoms. The number of benzene rings is 1. The lowest BCUT2D eigenvalue weighted by Gasteiger charge is -2.29. The van der Waals surface area contributed by atoms with Crippen molar-refractivity contribution in [3.8, 4) is 0 Å². The zero-order valence-electron chi connectivity index (χ0n) is 10.1. The van der Waals surface area contributed by atoms with Crippen molar-refractivity contribution in [3.05, 3.63) is 30.3 Å². The Kier molecular flexibility index (Phi) is 3.84. The van der Waals surface area contributed by atoms with Crippen molar-refractivity contribution in [1.29, 1.82) is 0 Å². The van der Waals surface area contributed by atoms with Gasteiger partial charge in [0.05, 0.1) is 4.90 Å². The maximum absolute atomic E-state index is 12.1. The Morgan fingerprint density at radius 2 is 1.76 bits per heavy atom. The summed E-state index contributed by atoms with van der Waals surface area (Å²) in [5.74, 6) is 0.433. The Morgan fingerprint density at radius 1 is 1.12 bits per heavy atom. The number of sulfonamides is 1. The van der Waals surface area contributed by atoms with Gasteiger partial charge in [-0.3, -0.25) is 0 Å². The fourth-order valence-electron chi connectivity index (χ4n) is 2.36. The smallest absolute Gasteiger partial charge is 0.208 e. The number of hydrogen-bond donors (Lipinski definition) is 1. The van der Waals surface area contributed by atoms with Gasteiger partial charge in [0.1, 0.15) is 0 Å². The maximum Gasteiger partial charge on any atom is 0.240 e. The highest BCUT2D eigenvalue weighted by Gasteiger charge is 2.26. The van der Waals surface area contributed by atoms with Crippen LogP contribution in [0, 0.1) is 5.92 Å². The topological polar surface area (TPSA) is 46.2 Å². The van der Waals surface area contributed by atoms with Gasteiger partial charge in [0.25, 0.3) is 0 Å². The van der Waals surface area contributed by atoms with Crippen LogP contribution in [-0.2, 0) is 10.0 Å². The molecule has 0 bridgehead atoms. The summed E-state index contributed by atoms with van der Waals surface area (Å²) in [7, 11) is -3.34. The molecule has 1 saturated carbocycles. The summed E-state index contributed by atoms with van der Waals surface area (Å²) in [6.07, 6.45) is 4.40. The third-order valence-electron chi connectivity index (χ3n) is 3.47. The van der Waals surface area contributed by atoms with E-state index in [0.29, 0.717) is 10.8 Å². The predicted octanol–water partition coefficient (Wildman–Crippen LogP) is 2.54. The van der Waals surface area contributed by atoms with Crippen LogP contribution in [0.5, 0.6) is 0 Å². The fraction of sp³-hybridized carbons (Fsp3) is 0.538. The van der Waals surface area contributed by atoms with Crippen LogP contribution >= 0.6 is 0 Å². The molecule has 2 atom stereocenters. The van der Waals surface area contributed by atoms with Crippen molar-refractivity contribution in [2.45, 2.75) is 43.5 Å². The SMILES string of the molecule is C[C@@H]1CCCC[C@H]1NS(=O)(=O)c1ccccc1. The molecule has 1 N–H and O–H groups in total. The van der Waals surface area contributed by atoms with E-state index in [4.69, 9.17) is 0 Å². The third kappa shape index (κ3) is 3.07. The molecule has 17 heavy (non-hydrogen) atoms. The highest BCUT2D eigenvalue weighted by molar-refractivity contribution is 7.89. The first kappa shape index (κ1) is 12.6. The largest absolute Gasteiger partial charge is 0.240 e. The van der Waals surface area contributed by atoms with Crippen LogP contribution in [0.2, 0.25) is 0 Å². The van der Waals surface area contributed by atoms with Crippen molar-refractivity contribution in [2.75, 3.05) is 0 Å². The van der Waals surface area contributed by atoms with E-state index >= 15 is 0 Å². The molecule has 1 aromatic carbocycles. The molecule has 0 unspecified atom stereocenters. The highest BCUT2D eigenvalue weighted by atomic mass is 32.2. The number of nitrogens with one attached hydrogen (secondary N) is 1. The number of hydrogen-bond acceptors (Lipinski definition) is 2. The first-order valence-electron chi connectivity index (χ1n) is 6.17. The summed E-state index contributed by atoms with van der Waals surface area (Å²) < 4.78 is 27.1. The molecule has 1 aliphatic carbocycles. The molecular formula is C13H19NO2S. The van der Waals surface area contributed by atoms with E-state index < -0.39 is 10.0 Å². The van der Waals surface area contributed by atoms with Crippen molar-refractivity contribution in [2.24, 2.45) is 5.92 Å². The molecule has 0 heterocycles. The van der Waals surface area contributed by atoms with Crippen LogP contribution < -0.4 is 4.72 Å². The molecule has 0 radical (unpaired) electrons. The number of rotatable bonds is 3. The average Bonchev–Trinajstić information content (AvgIpc) is 2.33. The van der Waals surface area contributed by atoms with Crippen LogP contribution in [-0.4, -0.2) is 14.5 Å². The second-order valence-corrected chi connectivity index (χ2v) is 6.52. The van der Waals surface area contributed by atoms with Crippen LogP contribution in [0.3, 0.4) is 0 Å². The summed E-state index contributed by atoms with van der Waals surface area (Å²) in [5, 5.41) is 0. The van der Waals surface area contributed by atoms with Crippen LogP contribution in [0.4, 0.5) is 0 Å². The Morgan fingerprint density at radius 3 is 2.41 bits per heavy atom. The molecule has 0 aliphatic heterocycles. The third-order valence-corrected chi connectivity index (χ3v) is 4.98. The van der Waals surface area contributed by atoms with E-state index in [0.717, 1.165) is 19.3 Å². The molecule has 0 amide bonds. The molecule has 2 rings (SSSR count). The molecule has 0 aromatic heterocycles. The fourth-order valence-corrected chi connectivity index (χ4v) is 3.76. The van der Waals surface area contributed by atoms with Gasteiger partial charge in [-0.25, -0.2) is 13.1 Å². The maximum atomic E-state index is 12.1. The van der Waals surface area contributed by atoms with Gasteiger partial charge >= 0.3 is 0 Å². The summed E-state index contributed by atoms with van der Waals surface area (Å²) in [6, 6.07) is 8.68. The Labute approximate surface area is 103 Å². The minimum Gasteiger partial charge on any atom is -0.208 e. The lowest BCUT2D eigenvalue weighted by Crippen LogP contribution is -2.40. The summed E-state index contributed by atoms with van der Waals surface area (Å²) in [6.45, 7) is 2.12. The molecule has 1 aliphatic rings. The molecule has 4 heteroatoms. The normalized spacial score (nSPS) is 25.7. The van der Waals surface area contributed by atoms with Gasteiger partial charge in [0, 0.05) is 6.04 Å². The van der Waals surface area contributed by atoms with Gasteiger partial charge in [-0.15, -0.1) is 0 Å². The van der Waals surface area contributed by atoms with E-state index in [2.05, 4.69) is 11.6 Å². The van der Waals surface area contributed by atoms with Crippen LogP contribution in [0.25, 0.3) is 0 Å². The van der Waals surface area contributed by atoms with Gasteiger partial charge in [0.2, 0.25) is 10.0 Å². The molecule has 0 saturated heterocycles. The quantitative estimate of drug-likeness (QED) is 0.899. The molecule has 1 aromatic rings. The van der Waals surface area contributed by atoms with Gasteiger partial charge < -0.3 is 0 Å². The van der Waals surface area contributed by atoms with Crippen molar-refractivity contribution < 1.29 is 8.42 Å². The molecule has 1 fully saturated rings. The second-order valence-electron chi connectivity index (χ2n) is 4.80. The summed E-state index contributed by atoms with van der Waals surface area (Å²) in [5.41, 5.74) is 0. The second kappa shape index (κ2) is 5.19.